The lowest BCUT2D eigenvalue weighted by Crippen LogP contribution is -2.35. The van der Waals surface area contributed by atoms with Crippen LogP contribution in [0.1, 0.15) is 16.1 Å². The molecule has 1 aromatic rings. The van der Waals surface area contributed by atoms with Crippen LogP contribution >= 0.6 is 0 Å². The van der Waals surface area contributed by atoms with Gasteiger partial charge < -0.3 is 15.2 Å². The minimum atomic E-state index is -3.15. The molecule has 0 saturated carbocycles. The lowest BCUT2D eigenvalue weighted by Gasteiger charge is -2.13. The number of carbonyl (C=O) groups excluding carboxylic acids is 1. The maximum atomic E-state index is 12.7. The van der Waals surface area contributed by atoms with E-state index in [1.807, 2.05) is 0 Å². The summed E-state index contributed by atoms with van der Waals surface area (Å²) in [5.41, 5.74) is 0.804. The fourth-order valence-corrected chi connectivity index (χ4v) is 1.20. The molecule has 0 fully saturated rings. The third-order valence-corrected chi connectivity index (χ3v) is 2.17. The molecule has 2 N–H and O–H groups in total. The zero-order valence-corrected chi connectivity index (χ0v) is 9.82. The van der Waals surface area contributed by atoms with Crippen molar-refractivity contribution >= 4 is 5.97 Å². The number of pyridine rings is 1. The summed E-state index contributed by atoms with van der Waals surface area (Å²) in [6.07, 6.45) is 1.31. The lowest BCUT2D eigenvalue weighted by atomic mass is 10.2. The van der Waals surface area contributed by atoms with E-state index < -0.39 is 25.0 Å². The number of hydrogen-bond acceptors (Lipinski definition) is 5. The molecule has 0 saturated heterocycles. The first-order valence-corrected chi connectivity index (χ1v) is 5.21. The Bertz CT molecular complexity index is 396. The smallest absolute Gasteiger partial charge is 0.339 e. The molecule has 0 atom stereocenters. The summed E-state index contributed by atoms with van der Waals surface area (Å²) in [5, 5.41) is 10.8. The number of methoxy groups -OCH3 is 1. The van der Waals surface area contributed by atoms with Crippen LogP contribution in [-0.2, 0) is 11.3 Å². The topological polar surface area (TPSA) is 71.5 Å². The third-order valence-electron chi connectivity index (χ3n) is 2.17. The van der Waals surface area contributed by atoms with Crippen molar-refractivity contribution in [2.24, 2.45) is 0 Å². The van der Waals surface area contributed by atoms with Gasteiger partial charge in [-0.15, -0.1) is 0 Å². The lowest BCUT2D eigenvalue weighted by molar-refractivity contribution is -0.0478. The van der Waals surface area contributed by atoms with Crippen molar-refractivity contribution in [3.8, 4) is 0 Å². The number of aliphatic hydroxyl groups excluding tert-OH is 1. The Morgan fingerprint density at radius 2 is 2.28 bits per heavy atom. The van der Waals surface area contributed by atoms with Crippen LogP contribution in [0.3, 0.4) is 0 Å². The van der Waals surface area contributed by atoms with Crippen LogP contribution < -0.4 is 5.32 Å². The minimum Gasteiger partial charge on any atom is -0.465 e. The molecular formula is C11H14F2N2O3. The van der Waals surface area contributed by atoms with Gasteiger partial charge in [-0.25, -0.2) is 13.6 Å². The maximum absolute atomic E-state index is 12.7. The second-order valence-electron chi connectivity index (χ2n) is 3.65. The summed E-state index contributed by atoms with van der Waals surface area (Å²) < 4.78 is 29.8. The number of halogens is 2. The molecule has 5 nitrogen and oxygen atoms in total. The first-order chi connectivity index (χ1) is 8.48. The molecule has 0 radical (unpaired) electrons. The van der Waals surface area contributed by atoms with Gasteiger partial charge in [0.1, 0.15) is 6.61 Å². The highest BCUT2D eigenvalue weighted by atomic mass is 19.3. The molecule has 0 amide bonds. The van der Waals surface area contributed by atoms with E-state index in [-0.39, 0.29) is 6.54 Å². The molecule has 18 heavy (non-hydrogen) atoms. The van der Waals surface area contributed by atoms with Gasteiger partial charge in [0.15, 0.2) is 0 Å². The van der Waals surface area contributed by atoms with Gasteiger partial charge in [-0.05, 0) is 12.1 Å². The van der Waals surface area contributed by atoms with Crippen molar-refractivity contribution in [3.05, 3.63) is 29.6 Å². The second-order valence-corrected chi connectivity index (χ2v) is 3.65. The van der Waals surface area contributed by atoms with E-state index in [2.05, 4.69) is 15.0 Å². The van der Waals surface area contributed by atoms with Gasteiger partial charge >= 0.3 is 5.97 Å². The Kier molecular flexibility index (Phi) is 5.11. The first-order valence-electron chi connectivity index (χ1n) is 5.21. The van der Waals surface area contributed by atoms with E-state index in [4.69, 9.17) is 5.11 Å². The van der Waals surface area contributed by atoms with Gasteiger partial charge in [-0.1, -0.05) is 0 Å². The van der Waals surface area contributed by atoms with E-state index in [0.29, 0.717) is 11.3 Å². The second kappa shape index (κ2) is 6.36. The van der Waals surface area contributed by atoms with Crippen LogP contribution in [-0.4, -0.2) is 42.2 Å². The highest BCUT2D eigenvalue weighted by Gasteiger charge is 2.26. The highest BCUT2D eigenvalue weighted by molar-refractivity contribution is 5.88. The largest absolute Gasteiger partial charge is 0.465 e. The van der Waals surface area contributed by atoms with E-state index in [0.717, 1.165) is 0 Å². The number of aromatic nitrogens is 1. The molecule has 0 aromatic carbocycles. The SMILES string of the molecule is COC(=O)c1ccc(CNCC(F)(F)CO)nc1. The molecule has 0 bridgehead atoms. The van der Waals surface area contributed by atoms with E-state index in [9.17, 15) is 13.6 Å². The number of hydrogen-bond donors (Lipinski definition) is 2. The molecule has 1 heterocycles. The van der Waals surface area contributed by atoms with Crippen LogP contribution in [0.2, 0.25) is 0 Å². The molecule has 1 rings (SSSR count). The monoisotopic (exact) mass is 260 g/mol. The Morgan fingerprint density at radius 3 is 2.78 bits per heavy atom. The van der Waals surface area contributed by atoms with Crippen molar-refractivity contribution < 1.29 is 23.4 Å². The van der Waals surface area contributed by atoms with Gasteiger partial charge in [0, 0.05) is 12.7 Å². The molecular weight excluding hydrogens is 246 g/mol. The summed E-state index contributed by atoms with van der Waals surface area (Å²) in [4.78, 5) is 15.0. The van der Waals surface area contributed by atoms with Gasteiger partial charge in [0.2, 0.25) is 0 Å². The predicted octanol–water partition coefficient (Wildman–Crippen LogP) is 0.585. The number of aliphatic hydroxyl groups is 1. The van der Waals surface area contributed by atoms with Gasteiger partial charge in [-0.3, -0.25) is 4.98 Å². The van der Waals surface area contributed by atoms with E-state index in [1.165, 1.54) is 25.4 Å². The van der Waals surface area contributed by atoms with Crippen molar-refractivity contribution in [2.45, 2.75) is 12.5 Å². The normalized spacial score (nSPS) is 11.3. The predicted molar refractivity (Wildman–Crippen MR) is 59.3 cm³/mol. The standard InChI is InChI=1S/C11H14F2N2O3/c1-18-10(17)8-2-3-9(15-4-8)5-14-6-11(12,13)7-16/h2-4,14,16H,5-7H2,1H3. The zero-order valence-electron chi connectivity index (χ0n) is 9.82. The minimum absolute atomic E-state index is 0.122. The van der Waals surface area contributed by atoms with Crippen LogP contribution in [0.15, 0.2) is 18.3 Å². The molecule has 100 valence electrons. The third kappa shape index (κ3) is 4.34. The van der Waals surface area contributed by atoms with Gasteiger partial charge in [-0.2, -0.15) is 0 Å². The number of esters is 1. The summed E-state index contributed by atoms with van der Waals surface area (Å²) in [5.74, 6) is -3.65. The van der Waals surface area contributed by atoms with Gasteiger partial charge in [0.05, 0.1) is 24.9 Å². The quantitative estimate of drug-likeness (QED) is 0.732. The Balaban J connectivity index is 2.47. The maximum Gasteiger partial charge on any atom is 0.339 e. The number of ether oxygens (including phenoxy) is 1. The van der Waals surface area contributed by atoms with Crippen molar-refractivity contribution in [1.29, 1.82) is 0 Å². The van der Waals surface area contributed by atoms with Crippen molar-refractivity contribution in [2.75, 3.05) is 20.3 Å². The fraction of sp³-hybridized carbons (Fsp3) is 0.455. The molecule has 0 unspecified atom stereocenters. The number of rotatable bonds is 6. The number of nitrogens with one attached hydrogen (secondary N) is 1. The van der Waals surface area contributed by atoms with E-state index >= 15 is 0 Å². The Hall–Kier alpha value is -1.60. The average molecular weight is 260 g/mol. The van der Waals surface area contributed by atoms with Crippen molar-refractivity contribution in [3.63, 3.8) is 0 Å². The van der Waals surface area contributed by atoms with Crippen LogP contribution in [0.25, 0.3) is 0 Å². The number of nitrogens with zero attached hydrogens (tertiary/aromatic N) is 1. The number of carbonyl (C=O) groups is 1. The molecule has 0 aliphatic heterocycles. The molecule has 0 aliphatic rings. The molecule has 0 spiro atoms. The van der Waals surface area contributed by atoms with Crippen molar-refractivity contribution in [1.82, 2.24) is 10.3 Å². The first kappa shape index (κ1) is 14.5. The fourth-order valence-electron chi connectivity index (χ4n) is 1.20. The van der Waals surface area contributed by atoms with Gasteiger partial charge in [0.25, 0.3) is 5.92 Å². The average Bonchev–Trinajstić information content (AvgIpc) is 2.38. The molecule has 1 aromatic heterocycles. The Morgan fingerprint density at radius 1 is 1.56 bits per heavy atom. The summed E-state index contributed by atoms with van der Waals surface area (Å²) in [7, 11) is 1.26. The Labute approximate surface area is 103 Å². The zero-order chi connectivity index (χ0) is 13.6. The van der Waals surface area contributed by atoms with E-state index in [1.54, 1.807) is 0 Å². The highest BCUT2D eigenvalue weighted by Crippen LogP contribution is 2.10. The summed E-state index contributed by atoms with van der Waals surface area (Å²) in [6.45, 7) is -1.71. The van der Waals surface area contributed by atoms with Crippen LogP contribution in [0.4, 0.5) is 8.78 Å². The van der Waals surface area contributed by atoms with Crippen LogP contribution in [0.5, 0.6) is 0 Å². The molecule has 0 aliphatic carbocycles. The summed E-state index contributed by atoms with van der Waals surface area (Å²) in [6, 6.07) is 3.04. The van der Waals surface area contributed by atoms with Crippen LogP contribution in [0, 0.1) is 0 Å². The molecule has 7 heteroatoms. The summed E-state index contributed by atoms with van der Waals surface area (Å²) >= 11 is 0. The number of alkyl halides is 2.